The number of rotatable bonds is 2. The molecule has 0 N–H and O–H groups in total. The SMILES string of the molecule is C=C(C)C(=O)OCC.[H-].[Li+]. The number of carbonyl (C=O) groups is 1. The summed E-state index contributed by atoms with van der Waals surface area (Å²) >= 11 is 0. The molecule has 0 fully saturated rings. The van der Waals surface area contributed by atoms with E-state index in [4.69, 9.17) is 0 Å². The predicted molar refractivity (Wildman–Crippen MR) is 32.6 cm³/mol. The van der Waals surface area contributed by atoms with Gasteiger partial charge in [0.15, 0.2) is 0 Å². The summed E-state index contributed by atoms with van der Waals surface area (Å²) in [5, 5.41) is 0. The molecule has 0 aliphatic rings. The molecule has 0 bridgehead atoms. The first-order chi connectivity index (χ1) is 3.68. The minimum Gasteiger partial charge on any atom is -1.00 e. The van der Waals surface area contributed by atoms with Crippen LogP contribution >= 0.6 is 0 Å². The largest absolute Gasteiger partial charge is 1.00 e. The summed E-state index contributed by atoms with van der Waals surface area (Å²) in [6.45, 7) is 7.21. The molecular weight excluding hydrogens is 111 g/mol. The number of hydrogen-bond donors (Lipinski definition) is 0. The van der Waals surface area contributed by atoms with Gasteiger partial charge in [-0.2, -0.15) is 0 Å². The van der Waals surface area contributed by atoms with Crippen LogP contribution < -0.4 is 18.9 Å². The van der Waals surface area contributed by atoms with Gasteiger partial charge in [0, 0.05) is 5.57 Å². The second-order valence-electron chi connectivity index (χ2n) is 1.50. The van der Waals surface area contributed by atoms with Crippen molar-refractivity contribution in [3.63, 3.8) is 0 Å². The maximum Gasteiger partial charge on any atom is 1.00 e. The number of carbonyl (C=O) groups excluding carboxylic acids is 1. The van der Waals surface area contributed by atoms with Gasteiger partial charge in [-0.1, -0.05) is 6.58 Å². The molecule has 0 atom stereocenters. The van der Waals surface area contributed by atoms with Gasteiger partial charge >= 0.3 is 24.8 Å². The van der Waals surface area contributed by atoms with Gasteiger partial charge in [-0.05, 0) is 13.8 Å². The topological polar surface area (TPSA) is 26.3 Å². The summed E-state index contributed by atoms with van der Waals surface area (Å²) in [6.07, 6.45) is 0. The van der Waals surface area contributed by atoms with Gasteiger partial charge in [-0.15, -0.1) is 0 Å². The third kappa shape index (κ3) is 5.68. The zero-order valence-corrected chi connectivity index (χ0v) is 6.23. The fourth-order valence-corrected chi connectivity index (χ4v) is 0.254. The Morgan fingerprint density at radius 1 is 1.78 bits per heavy atom. The van der Waals surface area contributed by atoms with E-state index < -0.39 is 0 Å². The van der Waals surface area contributed by atoms with Crippen LogP contribution in [0, 0.1) is 0 Å². The van der Waals surface area contributed by atoms with Gasteiger partial charge in [0.25, 0.3) is 0 Å². The van der Waals surface area contributed by atoms with Crippen molar-refractivity contribution in [3.8, 4) is 0 Å². The maximum absolute atomic E-state index is 10.4. The van der Waals surface area contributed by atoms with Crippen LogP contribution in [0.5, 0.6) is 0 Å². The van der Waals surface area contributed by atoms with Gasteiger partial charge in [-0.3, -0.25) is 0 Å². The van der Waals surface area contributed by atoms with E-state index in [1.54, 1.807) is 13.8 Å². The molecule has 0 saturated heterocycles. The number of hydrogen-bond acceptors (Lipinski definition) is 2. The minimum atomic E-state index is -0.312. The third-order valence-corrected chi connectivity index (χ3v) is 0.624. The van der Waals surface area contributed by atoms with Crippen molar-refractivity contribution in [3.05, 3.63) is 12.2 Å². The Morgan fingerprint density at radius 3 is 2.33 bits per heavy atom. The molecule has 0 saturated carbocycles. The maximum atomic E-state index is 10.4. The van der Waals surface area contributed by atoms with Crippen LogP contribution in [-0.2, 0) is 9.53 Å². The Labute approximate surface area is 68.9 Å². The van der Waals surface area contributed by atoms with Crippen molar-refractivity contribution in [1.29, 1.82) is 0 Å². The van der Waals surface area contributed by atoms with Gasteiger partial charge in [0.1, 0.15) is 0 Å². The zero-order valence-electron chi connectivity index (χ0n) is 7.23. The fourth-order valence-electron chi connectivity index (χ4n) is 0.254. The molecule has 2 nitrogen and oxygen atoms in total. The van der Waals surface area contributed by atoms with Crippen LogP contribution in [0.25, 0.3) is 0 Å². The standard InChI is InChI=1S/C6H10O2.Li.H/c1-4-8-6(7)5(2)3;;/h2,4H2,1,3H3;;/q;+1;-1. The molecule has 0 spiro atoms. The Bertz CT molecular complexity index is 114. The molecule has 0 rings (SSSR count). The minimum absolute atomic E-state index is 0. The van der Waals surface area contributed by atoms with Gasteiger partial charge in [0.2, 0.25) is 0 Å². The first-order valence-corrected chi connectivity index (χ1v) is 2.51. The molecule has 0 aliphatic heterocycles. The average Bonchev–Trinajstić information content (AvgIpc) is 1.67. The van der Waals surface area contributed by atoms with Crippen LogP contribution in [0.4, 0.5) is 0 Å². The van der Waals surface area contributed by atoms with Crippen molar-refractivity contribution < 1.29 is 29.8 Å². The molecule has 48 valence electrons. The molecule has 0 aromatic rings. The van der Waals surface area contributed by atoms with Crippen LogP contribution in [-0.4, -0.2) is 12.6 Å². The molecule has 3 heteroatoms. The van der Waals surface area contributed by atoms with Crippen molar-refractivity contribution in [2.24, 2.45) is 0 Å². The molecule has 0 unspecified atom stereocenters. The summed E-state index contributed by atoms with van der Waals surface area (Å²) in [5.41, 5.74) is 0.451. The average molecular weight is 122 g/mol. The Balaban J connectivity index is -0.000000245. The monoisotopic (exact) mass is 122 g/mol. The van der Waals surface area contributed by atoms with Gasteiger partial charge in [0.05, 0.1) is 6.61 Å². The first-order valence-electron chi connectivity index (χ1n) is 2.51. The zero-order chi connectivity index (χ0) is 6.57. The second-order valence-corrected chi connectivity index (χ2v) is 1.50. The van der Waals surface area contributed by atoms with Crippen molar-refractivity contribution in [1.82, 2.24) is 0 Å². The summed E-state index contributed by atoms with van der Waals surface area (Å²) in [4.78, 5) is 10.4. The molecule has 0 aromatic heterocycles. The van der Waals surface area contributed by atoms with E-state index in [2.05, 4.69) is 11.3 Å². The summed E-state index contributed by atoms with van der Waals surface area (Å²) in [5.74, 6) is -0.312. The Kier molecular flexibility index (Phi) is 7.64. The van der Waals surface area contributed by atoms with E-state index in [0.717, 1.165) is 0 Å². The van der Waals surface area contributed by atoms with E-state index in [0.29, 0.717) is 12.2 Å². The molecule has 9 heavy (non-hydrogen) atoms. The van der Waals surface area contributed by atoms with E-state index >= 15 is 0 Å². The summed E-state index contributed by atoms with van der Waals surface area (Å²) in [6, 6.07) is 0. The van der Waals surface area contributed by atoms with E-state index in [9.17, 15) is 4.79 Å². The summed E-state index contributed by atoms with van der Waals surface area (Å²) in [7, 11) is 0. The van der Waals surface area contributed by atoms with Gasteiger partial charge in [-0.25, -0.2) is 4.79 Å². The van der Waals surface area contributed by atoms with E-state index in [1.165, 1.54) is 0 Å². The molecular formula is C6H11LiO2. The molecule has 0 radical (unpaired) electrons. The second kappa shape index (κ2) is 5.94. The van der Waals surface area contributed by atoms with Crippen LogP contribution in [0.1, 0.15) is 15.3 Å². The molecule has 0 amide bonds. The smallest absolute Gasteiger partial charge is 1.00 e. The van der Waals surface area contributed by atoms with Crippen LogP contribution in [0.15, 0.2) is 12.2 Å². The summed E-state index contributed by atoms with van der Waals surface area (Å²) < 4.78 is 4.56. The Morgan fingerprint density at radius 2 is 2.22 bits per heavy atom. The third-order valence-electron chi connectivity index (χ3n) is 0.624. The molecule has 0 aliphatic carbocycles. The van der Waals surface area contributed by atoms with Crippen molar-refractivity contribution in [2.45, 2.75) is 13.8 Å². The number of ether oxygens (including phenoxy) is 1. The Hall–Kier alpha value is -0.193. The van der Waals surface area contributed by atoms with Crippen LogP contribution in [0.2, 0.25) is 0 Å². The van der Waals surface area contributed by atoms with Crippen LogP contribution in [0.3, 0.4) is 0 Å². The van der Waals surface area contributed by atoms with E-state index in [1.807, 2.05) is 0 Å². The fraction of sp³-hybridized carbons (Fsp3) is 0.500. The van der Waals surface area contributed by atoms with Crippen molar-refractivity contribution in [2.75, 3.05) is 6.61 Å². The normalized spacial score (nSPS) is 7.33. The molecule has 0 heterocycles. The van der Waals surface area contributed by atoms with Gasteiger partial charge < -0.3 is 6.16 Å². The van der Waals surface area contributed by atoms with Crippen molar-refractivity contribution >= 4 is 5.97 Å². The molecule has 0 aromatic carbocycles. The quantitative estimate of drug-likeness (QED) is 0.246. The number of esters is 1. The first kappa shape index (κ1) is 11.6. The van der Waals surface area contributed by atoms with E-state index in [-0.39, 0.29) is 26.3 Å². The predicted octanol–water partition coefficient (Wildman–Crippen LogP) is -1.76.